The number of benzene rings is 1. The Morgan fingerprint density at radius 1 is 1.23 bits per heavy atom. The number of fused-ring (bicyclic) bond motifs is 2. The van der Waals surface area contributed by atoms with Gasteiger partial charge in [-0.15, -0.1) is 0 Å². The van der Waals surface area contributed by atoms with Crippen LogP contribution in [-0.4, -0.2) is 48.2 Å². The van der Waals surface area contributed by atoms with Crippen molar-refractivity contribution in [1.29, 1.82) is 0 Å². The van der Waals surface area contributed by atoms with Gasteiger partial charge in [0.15, 0.2) is 0 Å². The zero-order valence-electron chi connectivity index (χ0n) is 14.6. The van der Waals surface area contributed by atoms with E-state index in [2.05, 4.69) is 10.6 Å². The number of hydrogen-bond donors (Lipinski definition) is 2. The fourth-order valence-corrected chi connectivity index (χ4v) is 4.33. The van der Waals surface area contributed by atoms with Gasteiger partial charge in [-0.25, -0.2) is 0 Å². The van der Waals surface area contributed by atoms with Crippen LogP contribution in [-0.2, 0) is 22.4 Å². The predicted molar refractivity (Wildman–Crippen MR) is 92.6 cm³/mol. The molecule has 136 valence electrons. The molecule has 1 fully saturated rings. The minimum atomic E-state index is -0.415. The first-order valence-electron chi connectivity index (χ1n) is 8.91. The van der Waals surface area contributed by atoms with Crippen LogP contribution in [0.15, 0.2) is 12.1 Å². The highest BCUT2D eigenvalue weighted by molar-refractivity contribution is 6.21. The van der Waals surface area contributed by atoms with Gasteiger partial charge in [0, 0.05) is 31.0 Å². The van der Waals surface area contributed by atoms with Crippen molar-refractivity contribution < 1.29 is 19.2 Å². The van der Waals surface area contributed by atoms with Gasteiger partial charge in [-0.05, 0) is 49.4 Å². The zero-order chi connectivity index (χ0) is 18.5. The van der Waals surface area contributed by atoms with Crippen molar-refractivity contribution in [1.82, 2.24) is 15.5 Å². The Labute approximate surface area is 151 Å². The minimum Gasteiger partial charge on any atom is -0.315 e. The maximum Gasteiger partial charge on any atom is 0.261 e. The molecule has 4 amide bonds. The number of carbonyl (C=O) groups is 4. The molecule has 1 aliphatic carbocycles. The molecule has 0 bridgehead atoms. The topological polar surface area (TPSA) is 95.6 Å². The third-order valence-electron chi connectivity index (χ3n) is 5.82. The zero-order valence-corrected chi connectivity index (χ0v) is 14.6. The Bertz CT molecular complexity index is 781. The van der Waals surface area contributed by atoms with Gasteiger partial charge in [0.2, 0.25) is 12.3 Å². The molecule has 1 spiro atoms. The maximum absolute atomic E-state index is 12.8. The SMILES string of the molecule is CC(CCC(=O)NC=O)N1C(=O)c2cc3c(cc2C1=O)CC1(CNC1)C3. The highest BCUT2D eigenvalue weighted by Crippen LogP contribution is 2.42. The van der Waals surface area contributed by atoms with Gasteiger partial charge in [-0.1, -0.05) is 0 Å². The number of imide groups is 2. The molecule has 26 heavy (non-hydrogen) atoms. The van der Waals surface area contributed by atoms with Crippen LogP contribution < -0.4 is 10.6 Å². The fourth-order valence-electron chi connectivity index (χ4n) is 4.33. The molecule has 2 N–H and O–H groups in total. The normalized spacial score (nSPS) is 20.6. The van der Waals surface area contributed by atoms with Crippen LogP contribution >= 0.6 is 0 Å². The quantitative estimate of drug-likeness (QED) is 0.589. The highest BCUT2D eigenvalue weighted by atomic mass is 16.2. The second-order valence-electron chi connectivity index (χ2n) is 7.68. The Hall–Kier alpha value is -2.54. The van der Waals surface area contributed by atoms with Crippen LogP contribution in [0, 0.1) is 5.41 Å². The Balaban J connectivity index is 1.52. The summed E-state index contributed by atoms with van der Waals surface area (Å²) in [6.45, 7) is 3.72. The van der Waals surface area contributed by atoms with E-state index in [9.17, 15) is 19.2 Å². The summed E-state index contributed by atoms with van der Waals surface area (Å²) < 4.78 is 0. The lowest BCUT2D eigenvalue weighted by Gasteiger charge is -2.39. The lowest BCUT2D eigenvalue weighted by molar-refractivity contribution is -0.125. The summed E-state index contributed by atoms with van der Waals surface area (Å²) in [5, 5.41) is 5.38. The van der Waals surface area contributed by atoms with Gasteiger partial charge < -0.3 is 5.32 Å². The largest absolute Gasteiger partial charge is 0.315 e. The molecule has 1 aromatic carbocycles. The molecule has 2 heterocycles. The number of hydrogen-bond acceptors (Lipinski definition) is 5. The first-order valence-corrected chi connectivity index (χ1v) is 8.91. The van der Waals surface area contributed by atoms with E-state index in [0.29, 0.717) is 24.0 Å². The lowest BCUT2D eigenvalue weighted by Crippen LogP contribution is -2.53. The molecule has 0 aromatic heterocycles. The number of rotatable bonds is 5. The molecule has 0 radical (unpaired) electrons. The monoisotopic (exact) mass is 355 g/mol. The third-order valence-corrected chi connectivity index (χ3v) is 5.82. The van der Waals surface area contributed by atoms with E-state index in [4.69, 9.17) is 0 Å². The van der Waals surface area contributed by atoms with Crippen LogP contribution in [0.4, 0.5) is 0 Å². The summed E-state index contributed by atoms with van der Waals surface area (Å²) in [6.07, 6.45) is 2.64. The molecule has 1 atom stereocenters. The summed E-state index contributed by atoms with van der Waals surface area (Å²) in [4.78, 5) is 48.6. The van der Waals surface area contributed by atoms with E-state index in [0.717, 1.165) is 25.9 Å². The summed E-state index contributed by atoms with van der Waals surface area (Å²) >= 11 is 0. The number of amides is 4. The van der Waals surface area contributed by atoms with Crippen molar-refractivity contribution in [2.24, 2.45) is 5.41 Å². The molecule has 7 nitrogen and oxygen atoms in total. The second-order valence-corrected chi connectivity index (χ2v) is 7.68. The second kappa shape index (κ2) is 6.02. The molecule has 7 heteroatoms. The van der Waals surface area contributed by atoms with Gasteiger partial charge in [0.25, 0.3) is 11.8 Å². The molecule has 2 aliphatic heterocycles. The minimum absolute atomic E-state index is 0.0827. The molecule has 1 unspecified atom stereocenters. The van der Waals surface area contributed by atoms with Gasteiger partial charge >= 0.3 is 0 Å². The summed E-state index contributed by atoms with van der Waals surface area (Å²) in [7, 11) is 0. The molecule has 0 saturated carbocycles. The van der Waals surface area contributed by atoms with E-state index in [1.54, 1.807) is 6.92 Å². The van der Waals surface area contributed by atoms with E-state index in [1.165, 1.54) is 16.0 Å². The molecule has 3 aliphatic rings. The number of nitrogens with zero attached hydrogens (tertiary/aromatic N) is 1. The Morgan fingerprint density at radius 2 is 1.81 bits per heavy atom. The van der Waals surface area contributed by atoms with E-state index >= 15 is 0 Å². The fraction of sp³-hybridized carbons (Fsp3) is 0.474. The van der Waals surface area contributed by atoms with Crippen molar-refractivity contribution in [2.45, 2.75) is 38.6 Å². The van der Waals surface area contributed by atoms with Gasteiger partial charge in [-0.2, -0.15) is 0 Å². The van der Waals surface area contributed by atoms with Crippen molar-refractivity contribution in [2.75, 3.05) is 13.1 Å². The molecular weight excluding hydrogens is 334 g/mol. The molecular formula is C19H21N3O4. The first kappa shape index (κ1) is 16.9. The van der Waals surface area contributed by atoms with Crippen LogP contribution in [0.5, 0.6) is 0 Å². The van der Waals surface area contributed by atoms with Crippen molar-refractivity contribution in [3.8, 4) is 0 Å². The highest BCUT2D eigenvalue weighted by Gasteiger charge is 2.45. The average molecular weight is 355 g/mol. The molecule has 1 aromatic rings. The predicted octanol–water partition coefficient (Wildman–Crippen LogP) is 0.412. The standard InChI is InChI=1S/C19H21N3O4/c1-11(2-3-16(24)21-10-23)22-17(25)14-4-12-6-19(8-20-9-19)7-13(12)5-15(14)18(22)26/h4-5,10-11,20H,2-3,6-9H2,1H3,(H,21,23,24). The average Bonchev–Trinajstić information content (AvgIpc) is 3.08. The van der Waals surface area contributed by atoms with Crippen LogP contribution in [0.2, 0.25) is 0 Å². The van der Waals surface area contributed by atoms with E-state index in [-0.39, 0.29) is 23.7 Å². The summed E-state index contributed by atoms with van der Waals surface area (Å²) in [5.41, 5.74) is 3.56. The molecule has 4 rings (SSSR count). The summed E-state index contributed by atoms with van der Waals surface area (Å²) in [5.74, 6) is -0.991. The number of nitrogens with one attached hydrogen (secondary N) is 2. The van der Waals surface area contributed by atoms with Gasteiger partial charge in [-0.3, -0.25) is 29.4 Å². The maximum atomic E-state index is 12.8. The van der Waals surface area contributed by atoms with Crippen molar-refractivity contribution in [3.05, 3.63) is 34.4 Å². The van der Waals surface area contributed by atoms with E-state index < -0.39 is 11.9 Å². The third kappa shape index (κ3) is 2.54. The Kier molecular flexibility index (Phi) is 3.91. The van der Waals surface area contributed by atoms with Crippen LogP contribution in [0.25, 0.3) is 0 Å². The summed E-state index contributed by atoms with van der Waals surface area (Å²) in [6, 6.07) is 3.38. The first-order chi connectivity index (χ1) is 12.4. The van der Waals surface area contributed by atoms with Gasteiger partial charge in [0.05, 0.1) is 11.1 Å². The van der Waals surface area contributed by atoms with Crippen LogP contribution in [0.1, 0.15) is 51.6 Å². The Morgan fingerprint density at radius 3 is 2.27 bits per heavy atom. The van der Waals surface area contributed by atoms with Crippen molar-refractivity contribution >= 4 is 24.1 Å². The van der Waals surface area contributed by atoms with E-state index in [1.807, 2.05) is 12.1 Å². The number of carbonyl (C=O) groups excluding carboxylic acids is 4. The lowest BCUT2D eigenvalue weighted by atomic mass is 9.79. The van der Waals surface area contributed by atoms with Crippen molar-refractivity contribution in [3.63, 3.8) is 0 Å². The smallest absolute Gasteiger partial charge is 0.261 e. The molecule has 1 saturated heterocycles. The van der Waals surface area contributed by atoms with Crippen LogP contribution in [0.3, 0.4) is 0 Å². The van der Waals surface area contributed by atoms with Gasteiger partial charge in [0.1, 0.15) is 0 Å².